The molecule has 2 nitrogen and oxygen atoms in total. The number of amides is 1. The first-order chi connectivity index (χ1) is 11.5. The van der Waals surface area contributed by atoms with Crippen molar-refractivity contribution in [3.63, 3.8) is 0 Å². The highest BCUT2D eigenvalue weighted by Gasteiger charge is 2.19. The molecule has 0 aliphatic rings. The van der Waals surface area contributed by atoms with Crippen molar-refractivity contribution in [2.75, 3.05) is 4.90 Å². The Morgan fingerprint density at radius 3 is 2.54 bits per heavy atom. The second-order valence-corrected chi connectivity index (χ2v) is 7.22. The summed E-state index contributed by atoms with van der Waals surface area (Å²) in [5, 5.41) is 2.59. The van der Waals surface area contributed by atoms with Crippen LogP contribution in [-0.4, -0.2) is 5.91 Å². The van der Waals surface area contributed by atoms with Gasteiger partial charge in [-0.25, -0.2) is 0 Å². The van der Waals surface area contributed by atoms with Crippen molar-refractivity contribution in [3.8, 4) is 0 Å². The molecule has 0 radical (unpaired) electrons. The van der Waals surface area contributed by atoms with E-state index in [1.54, 1.807) is 35.6 Å². The molecule has 24 heavy (non-hydrogen) atoms. The van der Waals surface area contributed by atoms with Gasteiger partial charge in [-0.2, -0.15) is 0 Å². The lowest BCUT2D eigenvalue weighted by Gasteiger charge is -2.23. The first kappa shape index (κ1) is 16.7. The Morgan fingerprint density at radius 2 is 1.88 bits per heavy atom. The molecule has 2 aromatic carbocycles. The summed E-state index contributed by atoms with van der Waals surface area (Å²) < 4.78 is 0. The molecule has 3 rings (SSSR count). The van der Waals surface area contributed by atoms with Crippen molar-refractivity contribution in [1.82, 2.24) is 0 Å². The summed E-state index contributed by atoms with van der Waals surface area (Å²) in [5.74, 6) is -0.0471. The molecule has 0 unspecified atom stereocenters. The van der Waals surface area contributed by atoms with Crippen LogP contribution in [0, 0.1) is 13.8 Å². The van der Waals surface area contributed by atoms with E-state index in [2.05, 4.69) is 26.0 Å². The van der Waals surface area contributed by atoms with Gasteiger partial charge in [-0.05, 0) is 66.8 Å². The fourth-order valence-corrected chi connectivity index (χ4v) is 3.39. The van der Waals surface area contributed by atoms with Gasteiger partial charge in [0.15, 0.2) is 0 Å². The molecule has 1 amide bonds. The number of benzene rings is 2. The zero-order chi connectivity index (χ0) is 17.1. The van der Waals surface area contributed by atoms with Crippen molar-refractivity contribution in [1.29, 1.82) is 0 Å². The molecule has 0 saturated heterocycles. The number of halogens is 1. The van der Waals surface area contributed by atoms with E-state index in [4.69, 9.17) is 11.6 Å². The summed E-state index contributed by atoms with van der Waals surface area (Å²) in [5.41, 5.74) is 3.88. The van der Waals surface area contributed by atoms with E-state index in [-0.39, 0.29) is 5.91 Å². The fraction of sp³-hybridized carbons (Fsp3) is 0.150. The Balaban J connectivity index is 2.00. The molecule has 0 bridgehead atoms. The van der Waals surface area contributed by atoms with Gasteiger partial charge >= 0.3 is 0 Å². The molecule has 0 N–H and O–H groups in total. The number of hydrogen-bond acceptors (Lipinski definition) is 2. The Labute approximate surface area is 151 Å². The van der Waals surface area contributed by atoms with E-state index in [0.717, 1.165) is 10.6 Å². The summed E-state index contributed by atoms with van der Waals surface area (Å²) in [6.45, 7) is 4.68. The zero-order valence-corrected chi connectivity index (χ0v) is 15.2. The third-order valence-corrected chi connectivity index (χ3v) is 5.11. The van der Waals surface area contributed by atoms with Gasteiger partial charge in [-0.15, -0.1) is 11.3 Å². The molecule has 0 aliphatic carbocycles. The van der Waals surface area contributed by atoms with Crippen LogP contribution in [0.15, 0.2) is 60.0 Å². The molecule has 0 atom stereocenters. The van der Waals surface area contributed by atoms with Crippen LogP contribution in [-0.2, 0) is 6.54 Å². The molecule has 0 fully saturated rings. The van der Waals surface area contributed by atoms with E-state index >= 15 is 0 Å². The lowest BCUT2D eigenvalue weighted by molar-refractivity contribution is 0.0985. The van der Waals surface area contributed by atoms with Gasteiger partial charge in [0, 0.05) is 21.2 Å². The van der Waals surface area contributed by atoms with Crippen molar-refractivity contribution in [2.45, 2.75) is 20.4 Å². The lowest BCUT2D eigenvalue weighted by atomic mass is 10.1. The standard InChI is InChI=1S/C20H18ClNOS/c1-14-8-9-18(11-15(14)2)22(13-19-7-4-10-24-19)20(23)16-5-3-6-17(21)12-16/h3-12H,13H2,1-2H3. The smallest absolute Gasteiger partial charge is 0.258 e. The molecule has 1 heterocycles. The molecule has 0 saturated carbocycles. The van der Waals surface area contributed by atoms with Crippen LogP contribution in [0.1, 0.15) is 26.4 Å². The minimum atomic E-state index is -0.0471. The number of carbonyl (C=O) groups excluding carboxylic acids is 1. The number of anilines is 1. The maximum absolute atomic E-state index is 13.1. The third-order valence-electron chi connectivity index (χ3n) is 4.01. The van der Waals surface area contributed by atoms with Crippen LogP contribution in [0.3, 0.4) is 0 Å². The van der Waals surface area contributed by atoms with Crippen LogP contribution in [0.4, 0.5) is 5.69 Å². The lowest BCUT2D eigenvalue weighted by Crippen LogP contribution is -2.30. The minimum Gasteiger partial charge on any atom is -0.303 e. The first-order valence-corrected chi connectivity index (χ1v) is 8.97. The number of rotatable bonds is 4. The van der Waals surface area contributed by atoms with Crippen molar-refractivity contribution < 1.29 is 4.79 Å². The van der Waals surface area contributed by atoms with E-state index in [9.17, 15) is 4.79 Å². The summed E-state index contributed by atoms with van der Waals surface area (Å²) >= 11 is 7.71. The summed E-state index contributed by atoms with van der Waals surface area (Å²) in [6.07, 6.45) is 0. The van der Waals surface area contributed by atoms with Gasteiger partial charge in [0.1, 0.15) is 0 Å². The Morgan fingerprint density at radius 1 is 1.04 bits per heavy atom. The number of thiophene rings is 1. The van der Waals surface area contributed by atoms with Crippen molar-refractivity contribution >= 4 is 34.5 Å². The normalized spacial score (nSPS) is 10.6. The van der Waals surface area contributed by atoms with Gasteiger partial charge in [-0.3, -0.25) is 4.79 Å². The largest absolute Gasteiger partial charge is 0.303 e. The van der Waals surface area contributed by atoms with Crippen LogP contribution < -0.4 is 4.90 Å². The minimum absolute atomic E-state index is 0.0471. The van der Waals surface area contributed by atoms with Gasteiger partial charge in [0.05, 0.1) is 6.54 Å². The van der Waals surface area contributed by atoms with Gasteiger partial charge < -0.3 is 4.90 Å². The Hall–Kier alpha value is -2.10. The van der Waals surface area contributed by atoms with E-state index in [1.165, 1.54) is 11.1 Å². The van der Waals surface area contributed by atoms with E-state index in [1.807, 2.05) is 28.5 Å². The third kappa shape index (κ3) is 3.69. The average Bonchev–Trinajstić information content (AvgIpc) is 3.08. The van der Waals surface area contributed by atoms with Gasteiger partial charge in [0.2, 0.25) is 0 Å². The SMILES string of the molecule is Cc1ccc(N(Cc2cccs2)C(=O)c2cccc(Cl)c2)cc1C. The average molecular weight is 356 g/mol. The molecule has 1 aromatic heterocycles. The number of aryl methyl sites for hydroxylation is 2. The number of carbonyl (C=O) groups is 1. The van der Waals surface area contributed by atoms with Gasteiger partial charge in [-0.1, -0.05) is 29.8 Å². The molecular weight excluding hydrogens is 338 g/mol. The maximum Gasteiger partial charge on any atom is 0.258 e. The van der Waals surface area contributed by atoms with E-state index < -0.39 is 0 Å². The maximum atomic E-state index is 13.1. The topological polar surface area (TPSA) is 20.3 Å². The zero-order valence-electron chi connectivity index (χ0n) is 13.6. The quantitative estimate of drug-likeness (QED) is 0.573. The monoisotopic (exact) mass is 355 g/mol. The second-order valence-electron chi connectivity index (χ2n) is 5.75. The predicted molar refractivity (Wildman–Crippen MR) is 102 cm³/mol. The highest BCUT2D eigenvalue weighted by atomic mass is 35.5. The highest BCUT2D eigenvalue weighted by Crippen LogP contribution is 2.25. The van der Waals surface area contributed by atoms with Crippen LogP contribution >= 0.6 is 22.9 Å². The van der Waals surface area contributed by atoms with Gasteiger partial charge in [0.25, 0.3) is 5.91 Å². The second kappa shape index (κ2) is 7.20. The first-order valence-electron chi connectivity index (χ1n) is 7.71. The van der Waals surface area contributed by atoms with Crippen LogP contribution in [0.2, 0.25) is 5.02 Å². The molecule has 4 heteroatoms. The summed E-state index contributed by atoms with van der Waals surface area (Å²) in [6, 6.07) is 17.3. The number of nitrogens with zero attached hydrogens (tertiary/aromatic N) is 1. The molecule has 0 spiro atoms. The molecular formula is C20H18ClNOS. The Bertz CT molecular complexity index is 858. The summed E-state index contributed by atoms with van der Waals surface area (Å²) in [4.78, 5) is 16.0. The Kier molecular flexibility index (Phi) is 5.03. The summed E-state index contributed by atoms with van der Waals surface area (Å²) in [7, 11) is 0. The molecule has 3 aromatic rings. The molecule has 0 aliphatic heterocycles. The van der Waals surface area contributed by atoms with Crippen molar-refractivity contribution in [2.24, 2.45) is 0 Å². The fourth-order valence-electron chi connectivity index (χ4n) is 2.51. The predicted octanol–water partition coefficient (Wildman–Crippen LogP) is 5.87. The molecule has 122 valence electrons. The number of hydrogen-bond donors (Lipinski definition) is 0. The van der Waals surface area contributed by atoms with E-state index in [0.29, 0.717) is 17.1 Å². The van der Waals surface area contributed by atoms with Crippen LogP contribution in [0.5, 0.6) is 0 Å². The van der Waals surface area contributed by atoms with Crippen molar-refractivity contribution in [3.05, 3.63) is 86.6 Å². The van der Waals surface area contributed by atoms with Crippen LogP contribution in [0.25, 0.3) is 0 Å². The highest BCUT2D eigenvalue weighted by molar-refractivity contribution is 7.09.